The van der Waals surface area contributed by atoms with E-state index >= 15 is 0 Å². The Hall–Kier alpha value is -1.18. The maximum atomic E-state index is 11.2. The fourth-order valence-corrected chi connectivity index (χ4v) is 4.03. The lowest BCUT2D eigenvalue weighted by Gasteiger charge is -2.00. The molecule has 2 rings (SSSR count). The number of hydrogen-bond acceptors (Lipinski definition) is 6. The summed E-state index contributed by atoms with van der Waals surface area (Å²) in [6.45, 7) is 2.25. The Labute approximate surface area is 137 Å². The first kappa shape index (κ1) is 16.2. The molecule has 0 saturated carbocycles. The van der Waals surface area contributed by atoms with E-state index in [2.05, 4.69) is 5.10 Å². The first-order valence-electron chi connectivity index (χ1n) is 6.64. The van der Waals surface area contributed by atoms with Crippen molar-refractivity contribution in [3.05, 3.63) is 34.3 Å². The van der Waals surface area contributed by atoms with Crippen LogP contribution in [0.3, 0.4) is 0 Å². The van der Waals surface area contributed by atoms with Crippen LogP contribution in [-0.2, 0) is 9.53 Å². The van der Waals surface area contributed by atoms with Crippen molar-refractivity contribution >= 4 is 41.3 Å². The van der Waals surface area contributed by atoms with Gasteiger partial charge in [-0.1, -0.05) is 41.3 Å². The van der Waals surface area contributed by atoms with Crippen molar-refractivity contribution in [2.75, 3.05) is 12.4 Å². The number of rotatable bonds is 7. The number of esters is 1. The van der Waals surface area contributed by atoms with Gasteiger partial charge >= 0.3 is 5.97 Å². The normalized spacial score (nSPS) is 10.5. The Morgan fingerprint density at radius 3 is 2.90 bits per heavy atom. The van der Waals surface area contributed by atoms with Gasteiger partial charge in [-0.2, -0.15) is 0 Å². The summed E-state index contributed by atoms with van der Waals surface area (Å²) in [5.74, 6) is 0.691. The highest BCUT2D eigenvalue weighted by Crippen LogP contribution is 2.24. The molecule has 0 unspecified atom stereocenters. The van der Waals surface area contributed by atoms with Crippen LogP contribution in [0.4, 0.5) is 0 Å². The Balaban J connectivity index is 1.88. The van der Waals surface area contributed by atoms with Gasteiger partial charge in [-0.3, -0.25) is 4.79 Å². The molecule has 7 heteroatoms. The summed E-state index contributed by atoms with van der Waals surface area (Å²) in [5.41, 5.74) is 0.970. The molecule has 0 amide bonds. The standard InChI is InChI=1S/C14H16N2O2S3/c1-2-18-12(17)9-6-10-20-13-15-16(14(19)21-13)11-7-4-3-5-8-11/h3-5,7-8H,2,6,9-10H2,1H3. The highest BCUT2D eigenvalue weighted by atomic mass is 32.2. The molecule has 0 spiro atoms. The van der Waals surface area contributed by atoms with E-state index in [1.165, 1.54) is 11.3 Å². The molecule has 1 aromatic carbocycles. The predicted molar refractivity (Wildman–Crippen MR) is 88.9 cm³/mol. The summed E-state index contributed by atoms with van der Waals surface area (Å²) in [6, 6.07) is 9.84. The van der Waals surface area contributed by atoms with Gasteiger partial charge in [0.05, 0.1) is 12.3 Å². The van der Waals surface area contributed by atoms with E-state index in [9.17, 15) is 4.79 Å². The quantitative estimate of drug-likeness (QED) is 0.329. The number of benzene rings is 1. The van der Waals surface area contributed by atoms with Crippen molar-refractivity contribution in [3.63, 3.8) is 0 Å². The Morgan fingerprint density at radius 1 is 1.43 bits per heavy atom. The summed E-state index contributed by atoms with van der Waals surface area (Å²) in [5, 5.41) is 4.51. The van der Waals surface area contributed by atoms with Crippen LogP contribution in [0.1, 0.15) is 19.8 Å². The lowest BCUT2D eigenvalue weighted by Crippen LogP contribution is -2.03. The molecule has 1 aromatic heterocycles. The van der Waals surface area contributed by atoms with Crippen LogP contribution in [-0.4, -0.2) is 28.1 Å². The van der Waals surface area contributed by atoms with Gasteiger partial charge in [-0.25, -0.2) is 4.68 Å². The number of ether oxygens (including phenoxy) is 1. The second-order valence-corrected chi connectivity index (χ2v) is 7.10. The number of aromatic nitrogens is 2. The van der Waals surface area contributed by atoms with Crippen LogP contribution < -0.4 is 0 Å². The van der Waals surface area contributed by atoms with Gasteiger partial charge in [-0.05, 0) is 37.7 Å². The van der Waals surface area contributed by atoms with Gasteiger partial charge in [0.25, 0.3) is 0 Å². The lowest BCUT2D eigenvalue weighted by molar-refractivity contribution is -0.143. The van der Waals surface area contributed by atoms with Crippen LogP contribution >= 0.6 is 35.3 Å². The molecule has 0 aliphatic carbocycles. The van der Waals surface area contributed by atoms with Crippen molar-refractivity contribution < 1.29 is 9.53 Å². The molecule has 4 nitrogen and oxygen atoms in total. The molecule has 0 radical (unpaired) electrons. The number of nitrogens with zero attached hydrogens (tertiary/aromatic N) is 2. The lowest BCUT2D eigenvalue weighted by atomic mass is 10.3. The molecule has 0 N–H and O–H groups in total. The summed E-state index contributed by atoms with van der Waals surface area (Å²) >= 11 is 8.46. The second-order valence-electron chi connectivity index (χ2n) is 4.14. The summed E-state index contributed by atoms with van der Waals surface area (Å²) in [4.78, 5) is 11.2. The molecule has 0 aliphatic heterocycles. The van der Waals surface area contributed by atoms with Crippen molar-refractivity contribution in [1.29, 1.82) is 0 Å². The highest BCUT2D eigenvalue weighted by Gasteiger charge is 2.07. The van der Waals surface area contributed by atoms with Crippen LogP contribution in [0.25, 0.3) is 5.69 Å². The van der Waals surface area contributed by atoms with E-state index in [0.717, 1.165) is 26.2 Å². The zero-order valence-corrected chi connectivity index (χ0v) is 14.1. The molecule has 0 aliphatic rings. The molecule has 2 aromatic rings. The first-order chi connectivity index (χ1) is 10.2. The Morgan fingerprint density at radius 2 is 2.19 bits per heavy atom. The first-order valence-corrected chi connectivity index (χ1v) is 8.85. The summed E-state index contributed by atoms with van der Waals surface area (Å²) in [6.07, 6.45) is 1.23. The summed E-state index contributed by atoms with van der Waals surface area (Å²) < 4.78 is 8.32. The number of para-hydroxylation sites is 1. The minimum Gasteiger partial charge on any atom is -0.466 e. The number of thioether (sulfide) groups is 1. The number of carbonyl (C=O) groups excluding carboxylic acids is 1. The van der Waals surface area contributed by atoms with E-state index in [1.807, 2.05) is 37.3 Å². The monoisotopic (exact) mass is 340 g/mol. The van der Waals surface area contributed by atoms with Crippen molar-refractivity contribution in [1.82, 2.24) is 9.78 Å². The second kappa shape index (κ2) is 8.31. The molecule has 21 heavy (non-hydrogen) atoms. The smallest absolute Gasteiger partial charge is 0.305 e. The molecule has 0 bridgehead atoms. The van der Waals surface area contributed by atoms with Crippen LogP contribution in [0.2, 0.25) is 0 Å². The van der Waals surface area contributed by atoms with Crippen LogP contribution in [0, 0.1) is 3.95 Å². The number of carbonyl (C=O) groups is 1. The minimum atomic E-state index is -0.138. The third kappa shape index (κ3) is 4.94. The van der Waals surface area contributed by atoms with E-state index in [1.54, 1.807) is 16.4 Å². The Kier molecular flexibility index (Phi) is 6.41. The SMILES string of the molecule is CCOC(=O)CCCSc1nn(-c2ccccc2)c(=S)s1. The van der Waals surface area contributed by atoms with Crippen LogP contribution in [0.15, 0.2) is 34.7 Å². The molecule has 0 saturated heterocycles. The zero-order valence-electron chi connectivity index (χ0n) is 11.7. The molecule has 0 fully saturated rings. The zero-order chi connectivity index (χ0) is 15.1. The third-order valence-electron chi connectivity index (χ3n) is 2.59. The molecular weight excluding hydrogens is 324 g/mol. The predicted octanol–water partition coefficient (Wildman–Crippen LogP) is 4.10. The third-order valence-corrected chi connectivity index (χ3v) is 5.04. The average molecular weight is 340 g/mol. The highest BCUT2D eigenvalue weighted by molar-refractivity contribution is 8.01. The molecule has 112 valence electrons. The maximum Gasteiger partial charge on any atom is 0.305 e. The van der Waals surface area contributed by atoms with Crippen molar-refractivity contribution in [2.24, 2.45) is 0 Å². The summed E-state index contributed by atoms with van der Waals surface area (Å²) in [7, 11) is 0. The fraction of sp³-hybridized carbons (Fsp3) is 0.357. The van der Waals surface area contributed by atoms with Gasteiger partial charge in [-0.15, -0.1) is 5.10 Å². The molecular formula is C14H16N2O2S3. The van der Waals surface area contributed by atoms with Gasteiger partial charge in [0.15, 0.2) is 8.29 Å². The topological polar surface area (TPSA) is 44.1 Å². The van der Waals surface area contributed by atoms with Gasteiger partial charge in [0, 0.05) is 12.2 Å². The molecule has 0 atom stereocenters. The van der Waals surface area contributed by atoms with E-state index in [-0.39, 0.29) is 5.97 Å². The maximum absolute atomic E-state index is 11.2. The van der Waals surface area contributed by atoms with Crippen LogP contribution in [0.5, 0.6) is 0 Å². The average Bonchev–Trinajstić information content (AvgIpc) is 2.86. The largest absolute Gasteiger partial charge is 0.466 e. The number of hydrogen-bond donors (Lipinski definition) is 0. The Bertz CT molecular complexity index is 637. The van der Waals surface area contributed by atoms with Crippen molar-refractivity contribution in [3.8, 4) is 5.69 Å². The van der Waals surface area contributed by atoms with E-state index in [0.29, 0.717) is 13.0 Å². The van der Waals surface area contributed by atoms with Gasteiger partial charge in [0.1, 0.15) is 0 Å². The minimum absolute atomic E-state index is 0.138. The van der Waals surface area contributed by atoms with Gasteiger partial charge in [0.2, 0.25) is 0 Å². The van der Waals surface area contributed by atoms with Crippen molar-refractivity contribution in [2.45, 2.75) is 24.1 Å². The van der Waals surface area contributed by atoms with E-state index < -0.39 is 0 Å². The van der Waals surface area contributed by atoms with E-state index in [4.69, 9.17) is 17.0 Å². The van der Waals surface area contributed by atoms with Gasteiger partial charge < -0.3 is 4.74 Å². The molecule has 1 heterocycles. The fourth-order valence-electron chi connectivity index (χ4n) is 1.66.